The normalized spacial score (nSPS) is 12.4. The molecule has 0 aromatic carbocycles. The van der Waals surface area contributed by atoms with Gasteiger partial charge in [-0.2, -0.15) is 0 Å². The van der Waals surface area contributed by atoms with E-state index in [1.807, 2.05) is 6.92 Å². The topological polar surface area (TPSA) is 37.4 Å². The van der Waals surface area contributed by atoms with E-state index in [-0.39, 0.29) is 11.6 Å². The van der Waals surface area contributed by atoms with Crippen LogP contribution < -0.4 is 0 Å². The summed E-state index contributed by atoms with van der Waals surface area (Å²) in [6.45, 7) is 2.51. The fourth-order valence-corrected chi connectivity index (χ4v) is 2.26. The summed E-state index contributed by atoms with van der Waals surface area (Å²) < 4.78 is 23.7. The third-order valence-corrected chi connectivity index (χ3v) is 3.61. The van der Waals surface area contributed by atoms with Gasteiger partial charge >= 0.3 is 0 Å². The molecular weight excluding hydrogens is 186 g/mol. The van der Waals surface area contributed by atoms with Gasteiger partial charge in [-0.3, -0.25) is 0 Å². The van der Waals surface area contributed by atoms with Gasteiger partial charge in [-0.25, -0.2) is 12.7 Å². The first kappa shape index (κ1) is 11.2. The molecule has 0 aromatic heterocycles. The van der Waals surface area contributed by atoms with Crippen molar-refractivity contribution in [3.05, 3.63) is 0 Å². The highest BCUT2D eigenvalue weighted by molar-refractivity contribution is 7.89. The largest absolute Gasteiger partial charge is 0.215 e. The van der Waals surface area contributed by atoms with E-state index >= 15 is 0 Å². The third kappa shape index (κ3) is 3.94. The van der Waals surface area contributed by atoms with Gasteiger partial charge in [-0.15, -0.1) is 11.6 Å². The first-order chi connectivity index (χ1) is 5.04. The summed E-state index contributed by atoms with van der Waals surface area (Å²) in [6, 6.07) is 0. The zero-order valence-electron chi connectivity index (χ0n) is 6.88. The van der Waals surface area contributed by atoms with Crippen molar-refractivity contribution in [3.8, 4) is 0 Å². The Balaban J connectivity index is 4.07. The van der Waals surface area contributed by atoms with E-state index in [4.69, 9.17) is 11.6 Å². The second-order valence-electron chi connectivity index (χ2n) is 2.33. The van der Waals surface area contributed by atoms with E-state index in [0.717, 1.165) is 6.42 Å². The molecule has 0 heterocycles. The fourth-order valence-electron chi connectivity index (χ4n) is 0.707. The van der Waals surface area contributed by atoms with E-state index in [1.54, 1.807) is 7.05 Å². The summed E-state index contributed by atoms with van der Waals surface area (Å²) >= 11 is 5.32. The lowest BCUT2D eigenvalue weighted by Crippen LogP contribution is -2.30. The van der Waals surface area contributed by atoms with Crippen LogP contribution in [0.3, 0.4) is 0 Å². The Morgan fingerprint density at radius 1 is 1.45 bits per heavy atom. The molecule has 0 unspecified atom stereocenters. The van der Waals surface area contributed by atoms with Gasteiger partial charge in [0.25, 0.3) is 0 Å². The molecule has 3 nitrogen and oxygen atoms in total. The molecule has 0 saturated heterocycles. The first-order valence-electron chi connectivity index (χ1n) is 3.54. The maximum atomic E-state index is 11.2. The van der Waals surface area contributed by atoms with Gasteiger partial charge in [-0.05, 0) is 6.42 Å². The molecule has 0 aliphatic rings. The average molecular weight is 200 g/mol. The molecule has 0 N–H and O–H groups in total. The molecule has 0 saturated carbocycles. The van der Waals surface area contributed by atoms with E-state index in [2.05, 4.69) is 0 Å². The highest BCUT2D eigenvalue weighted by Gasteiger charge is 2.14. The summed E-state index contributed by atoms with van der Waals surface area (Å²) in [5, 5.41) is 0. The third-order valence-electron chi connectivity index (χ3n) is 1.35. The second kappa shape index (κ2) is 4.95. The number of halogens is 1. The van der Waals surface area contributed by atoms with Gasteiger partial charge in [0.05, 0.1) is 5.75 Å². The van der Waals surface area contributed by atoms with Crippen LogP contribution in [0.25, 0.3) is 0 Å². The van der Waals surface area contributed by atoms with Crippen LogP contribution in [0.5, 0.6) is 0 Å². The van der Waals surface area contributed by atoms with Gasteiger partial charge in [0, 0.05) is 19.5 Å². The highest BCUT2D eigenvalue weighted by Crippen LogP contribution is 1.99. The lowest BCUT2D eigenvalue weighted by Gasteiger charge is -2.14. The van der Waals surface area contributed by atoms with Crippen LogP contribution in [0.2, 0.25) is 0 Å². The molecule has 11 heavy (non-hydrogen) atoms. The molecule has 5 heteroatoms. The predicted molar refractivity (Wildman–Crippen MR) is 47.4 cm³/mol. The van der Waals surface area contributed by atoms with Crippen molar-refractivity contribution in [2.45, 2.75) is 13.3 Å². The molecule has 0 fully saturated rings. The Morgan fingerprint density at radius 2 is 2.00 bits per heavy atom. The number of nitrogens with zero attached hydrogens (tertiary/aromatic N) is 1. The van der Waals surface area contributed by atoms with Gasteiger partial charge in [-0.1, -0.05) is 6.92 Å². The molecule has 0 radical (unpaired) electrons. The van der Waals surface area contributed by atoms with Crippen LogP contribution in [-0.2, 0) is 10.0 Å². The summed E-state index contributed by atoms with van der Waals surface area (Å²) in [5.41, 5.74) is 0. The van der Waals surface area contributed by atoms with Crippen molar-refractivity contribution in [2.24, 2.45) is 0 Å². The number of alkyl halides is 1. The Labute approximate surface area is 73.4 Å². The standard InChI is InChI=1S/C6H14ClNO2S/c1-3-5-8(2)11(9,10)6-4-7/h3-6H2,1-2H3. The smallest absolute Gasteiger partial charge is 0.212 e. The lowest BCUT2D eigenvalue weighted by molar-refractivity contribution is 0.470. The van der Waals surface area contributed by atoms with Crippen LogP contribution in [0.4, 0.5) is 0 Å². The fraction of sp³-hybridized carbons (Fsp3) is 1.00. The van der Waals surface area contributed by atoms with Crippen LogP contribution in [0.15, 0.2) is 0 Å². The summed E-state index contributed by atoms with van der Waals surface area (Å²) in [5.74, 6) is 0.196. The zero-order valence-corrected chi connectivity index (χ0v) is 8.45. The Morgan fingerprint density at radius 3 is 2.36 bits per heavy atom. The number of hydrogen-bond donors (Lipinski definition) is 0. The maximum Gasteiger partial charge on any atom is 0.215 e. The molecule has 0 bridgehead atoms. The predicted octanol–water partition coefficient (Wildman–Crippen LogP) is 0.897. The van der Waals surface area contributed by atoms with Gasteiger partial charge in [0.2, 0.25) is 10.0 Å². The highest BCUT2D eigenvalue weighted by atomic mass is 35.5. The van der Waals surface area contributed by atoms with Crippen LogP contribution >= 0.6 is 11.6 Å². The summed E-state index contributed by atoms with van der Waals surface area (Å²) in [6.07, 6.45) is 0.831. The van der Waals surface area contributed by atoms with Crippen molar-refractivity contribution < 1.29 is 8.42 Å². The van der Waals surface area contributed by atoms with Crippen molar-refractivity contribution in [1.82, 2.24) is 4.31 Å². The lowest BCUT2D eigenvalue weighted by atomic mass is 10.5. The molecular formula is C6H14ClNO2S. The van der Waals surface area contributed by atoms with Crippen LogP contribution in [-0.4, -0.2) is 37.9 Å². The van der Waals surface area contributed by atoms with Crippen molar-refractivity contribution in [3.63, 3.8) is 0 Å². The van der Waals surface area contributed by atoms with E-state index in [9.17, 15) is 8.42 Å². The monoisotopic (exact) mass is 199 g/mol. The van der Waals surface area contributed by atoms with E-state index in [0.29, 0.717) is 6.54 Å². The average Bonchev–Trinajstić information content (AvgIpc) is 1.88. The first-order valence-corrected chi connectivity index (χ1v) is 5.69. The maximum absolute atomic E-state index is 11.2. The minimum atomic E-state index is -3.07. The Kier molecular flexibility index (Phi) is 5.04. The minimum absolute atomic E-state index is 0.0328. The Bertz CT molecular complexity index is 191. The van der Waals surface area contributed by atoms with Crippen molar-refractivity contribution >= 4 is 21.6 Å². The molecule has 0 aliphatic heterocycles. The van der Waals surface area contributed by atoms with Gasteiger partial charge in [0.1, 0.15) is 0 Å². The second-order valence-corrected chi connectivity index (χ2v) is 4.90. The molecule has 0 spiro atoms. The molecule has 0 aromatic rings. The van der Waals surface area contributed by atoms with Gasteiger partial charge in [0.15, 0.2) is 0 Å². The molecule has 0 rings (SSSR count). The number of sulfonamides is 1. The Hall–Kier alpha value is 0.200. The van der Waals surface area contributed by atoms with E-state index < -0.39 is 10.0 Å². The molecule has 0 amide bonds. The molecule has 0 atom stereocenters. The summed E-state index contributed by atoms with van der Waals surface area (Å²) in [7, 11) is -1.50. The molecule has 68 valence electrons. The summed E-state index contributed by atoms with van der Waals surface area (Å²) in [4.78, 5) is 0. The molecule has 0 aliphatic carbocycles. The number of rotatable bonds is 5. The minimum Gasteiger partial charge on any atom is -0.212 e. The van der Waals surface area contributed by atoms with Crippen molar-refractivity contribution in [2.75, 3.05) is 25.2 Å². The van der Waals surface area contributed by atoms with Gasteiger partial charge < -0.3 is 0 Å². The zero-order chi connectivity index (χ0) is 8.91. The quantitative estimate of drug-likeness (QED) is 0.617. The van der Waals surface area contributed by atoms with E-state index in [1.165, 1.54) is 4.31 Å². The number of hydrogen-bond acceptors (Lipinski definition) is 2. The SMILES string of the molecule is CCCN(C)S(=O)(=O)CCCl. The van der Waals surface area contributed by atoms with Crippen LogP contribution in [0.1, 0.15) is 13.3 Å². The van der Waals surface area contributed by atoms with Crippen molar-refractivity contribution in [1.29, 1.82) is 0 Å². The van der Waals surface area contributed by atoms with Crippen LogP contribution in [0, 0.1) is 0 Å².